The van der Waals surface area contributed by atoms with Gasteiger partial charge in [-0.2, -0.15) is 17.6 Å². The van der Waals surface area contributed by atoms with E-state index >= 15 is 0 Å². The summed E-state index contributed by atoms with van der Waals surface area (Å²) in [6.07, 6.45) is -2.60. The second-order valence-electron chi connectivity index (χ2n) is 3.55. The molecule has 1 aromatic rings. The highest BCUT2D eigenvalue weighted by Crippen LogP contribution is 2.27. The molecule has 0 fully saturated rings. The highest BCUT2D eigenvalue weighted by Gasteiger charge is 2.13. The van der Waals surface area contributed by atoms with E-state index in [-0.39, 0.29) is 17.9 Å². The van der Waals surface area contributed by atoms with E-state index in [1.807, 2.05) is 0 Å². The van der Waals surface area contributed by atoms with Gasteiger partial charge in [-0.25, -0.2) is 8.78 Å². The maximum absolute atomic E-state index is 12.2. The SMILES string of the molecule is FC(F)CNCc1ccc(OC(F)F)cc1OC(F)F. The third kappa shape index (κ3) is 6.00. The zero-order chi connectivity index (χ0) is 15.1. The van der Waals surface area contributed by atoms with Crippen LogP contribution in [0.4, 0.5) is 26.3 Å². The molecular weight excluding hydrogens is 292 g/mol. The Morgan fingerprint density at radius 3 is 2.15 bits per heavy atom. The molecule has 9 heteroatoms. The van der Waals surface area contributed by atoms with Gasteiger partial charge >= 0.3 is 13.2 Å². The lowest BCUT2D eigenvalue weighted by molar-refractivity contribution is -0.0547. The number of hydrogen-bond donors (Lipinski definition) is 1. The molecule has 1 N–H and O–H groups in total. The molecule has 0 aromatic heterocycles. The van der Waals surface area contributed by atoms with Crippen molar-refractivity contribution < 1.29 is 35.8 Å². The quantitative estimate of drug-likeness (QED) is 0.748. The molecule has 3 nitrogen and oxygen atoms in total. The summed E-state index contributed by atoms with van der Waals surface area (Å²) in [6, 6.07) is 3.12. The second-order valence-corrected chi connectivity index (χ2v) is 3.55. The Bertz CT molecular complexity index is 416. The molecular formula is C11H11F6NO2. The predicted molar refractivity (Wildman–Crippen MR) is 57.4 cm³/mol. The van der Waals surface area contributed by atoms with Crippen LogP contribution in [0.2, 0.25) is 0 Å². The van der Waals surface area contributed by atoms with Crippen LogP contribution >= 0.6 is 0 Å². The Hall–Kier alpha value is -1.64. The molecule has 1 rings (SSSR count). The van der Waals surface area contributed by atoms with Gasteiger partial charge in [-0.05, 0) is 6.07 Å². The average Bonchev–Trinajstić information content (AvgIpc) is 2.29. The van der Waals surface area contributed by atoms with Crippen LogP contribution < -0.4 is 14.8 Å². The number of hydrogen-bond acceptors (Lipinski definition) is 3. The maximum Gasteiger partial charge on any atom is 0.387 e. The van der Waals surface area contributed by atoms with E-state index < -0.39 is 31.9 Å². The van der Waals surface area contributed by atoms with Gasteiger partial charge < -0.3 is 14.8 Å². The van der Waals surface area contributed by atoms with E-state index in [0.29, 0.717) is 0 Å². The predicted octanol–water partition coefficient (Wildman–Crippen LogP) is 3.24. The van der Waals surface area contributed by atoms with Crippen LogP contribution in [-0.4, -0.2) is 26.2 Å². The summed E-state index contributed by atoms with van der Waals surface area (Å²) in [4.78, 5) is 0. The van der Waals surface area contributed by atoms with Crippen LogP contribution in [0.25, 0.3) is 0 Å². The van der Waals surface area contributed by atoms with Gasteiger partial charge in [0.15, 0.2) is 0 Å². The van der Waals surface area contributed by atoms with Crippen molar-refractivity contribution in [1.29, 1.82) is 0 Å². The largest absolute Gasteiger partial charge is 0.435 e. The molecule has 0 amide bonds. The summed E-state index contributed by atoms with van der Waals surface area (Å²) in [7, 11) is 0. The van der Waals surface area contributed by atoms with Gasteiger partial charge in [0.25, 0.3) is 6.43 Å². The Balaban J connectivity index is 2.80. The molecule has 0 radical (unpaired) electrons. The number of halogens is 6. The maximum atomic E-state index is 12.2. The van der Waals surface area contributed by atoms with Gasteiger partial charge in [0, 0.05) is 18.2 Å². The van der Waals surface area contributed by atoms with Gasteiger partial charge in [0.05, 0.1) is 6.54 Å². The molecule has 114 valence electrons. The smallest absolute Gasteiger partial charge is 0.387 e. The van der Waals surface area contributed by atoms with Crippen molar-refractivity contribution in [3.8, 4) is 11.5 Å². The lowest BCUT2D eigenvalue weighted by atomic mass is 10.2. The highest BCUT2D eigenvalue weighted by molar-refractivity contribution is 5.40. The van der Waals surface area contributed by atoms with Gasteiger partial charge in [-0.1, -0.05) is 6.07 Å². The van der Waals surface area contributed by atoms with Crippen molar-refractivity contribution in [2.75, 3.05) is 6.54 Å². The summed E-state index contributed by atoms with van der Waals surface area (Å²) in [5.41, 5.74) is 0.118. The summed E-state index contributed by atoms with van der Waals surface area (Å²) in [6.45, 7) is -7.10. The van der Waals surface area contributed by atoms with Crippen molar-refractivity contribution in [1.82, 2.24) is 5.32 Å². The summed E-state index contributed by atoms with van der Waals surface area (Å²) >= 11 is 0. The molecule has 0 aliphatic rings. The Morgan fingerprint density at radius 1 is 0.950 bits per heavy atom. The number of ether oxygens (including phenoxy) is 2. The molecule has 0 unspecified atom stereocenters. The normalized spacial score (nSPS) is 11.4. The van der Waals surface area contributed by atoms with Gasteiger partial charge in [-0.3, -0.25) is 0 Å². The van der Waals surface area contributed by atoms with Crippen molar-refractivity contribution in [2.24, 2.45) is 0 Å². The minimum Gasteiger partial charge on any atom is -0.435 e. The van der Waals surface area contributed by atoms with E-state index in [1.165, 1.54) is 6.07 Å². The van der Waals surface area contributed by atoms with E-state index in [0.717, 1.165) is 12.1 Å². The average molecular weight is 303 g/mol. The Labute approximate surface area is 110 Å². The number of benzene rings is 1. The molecule has 0 saturated carbocycles. The topological polar surface area (TPSA) is 30.5 Å². The molecule has 0 aliphatic carbocycles. The Kier molecular flexibility index (Phi) is 6.43. The van der Waals surface area contributed by atoms with Gasteiger partial charge in [0.2, 0.25) is 0 Å². The van der Waals surface area contributed by atoms with E-state index in [4.69, 9.17) is 0 Å². The first kappa shape index (κ1) is 16.4. The fourth-order valence-electron chi connectivity index (χ4n) is 1.38. The fourth-order valence-corrected chi connectivity index (χ4v) is 1.38. The summed E-state index contributed by atoms with van der Waals surface area (Å²) in [5, 5.41) is 2.31. The first-order chi connectivity index (χ1) is 9.38. The van der Waals surface area contributed by atoms with Crippen molar-refractivity contribution in [3.05, 3.63) is 23.8 Å². The van der Waals surface area contributed by atoms with Crippen LogP contribution in [0.5, 0.6) is 11.5 Å². The molecule has 20 heavy (non-hydrogen) atoms. The first-order valence-corrected chi connectivity index (χ1v) is 5.40. The zero-order valence-electron chi connectivity index (χ0n) is 9.96. The molecule has 1 aromatic carbocycles. The Morgan fingerprint density at radius 2 is 1.60 bits per heavy atom. The van der Waals surface area contributed by atoms with Crippen molar-refractivity contribution >= 4 is 0 Å². The highest BCUT2D eigenvalue weighted by atomic mass is 19.3. The zero-order valence-corrected chi connectivity index (χ0v) is 9.96. The number of nitrogens with one attached hydrogen (secondary N) is 1. The molecule has 0 saturated heterocycles. The third-order valence-corrected chi connectivity index (χ3v) is 2.09. The van der Waals surface area contributed by atoms with Crippen molar-refractivity contribution in [3.63, 3.8) is 0 Å². The minimum atomic E-state index is -3.18. The van der Waals surface area contributed by atoms with Crippen molar-refractivity contribution in [2.45, 2.75) is 26.2 Å². The fraction of sp³-hybridized carbons (Fsp3) is 0.455. The van der Waals surface area contributed by atoms with Crippen LogP contribution in [0, 0.1) is 0 Å². The minimum absolute atomic E-state index is 0.118. The monoisotopic (exact) mass is 303 g/mol. The molecule has 0 spiro atoms. The lowest BCUT2D eigenvalue weighted by Crippen LogP contribution is -2.21. The number of rotatable bonds is 8. The summed E-state index contributed by atoms with van der Waals surface area (Å²) < 4.78 is 80.4. The van der Waals surface area contributed by atoms with Crippen LogP contribution in [0.15, 0.2) is 18.2 Å². The molecule has 0 bridgehead atoms. The third-order valence-electron chi connectivity index (χ3n) is 2.09. The summed E-state index contributed by atoms with van der Waals surface area (Å²) in [5.74, 6) is -0.784. The standard InChI is InChI=1S/C11H11F6NO2/c12-9(13)5-18-4-6-1-2-7(19-10(14)15)3-8(6)20-11(16)17/h1-3,9-11,18H,4-5H2. The molecule has 0 heterocycles. The second kappa shape index (κ2) is 7.83. The molecule has 0 aliphatic heterocycles. The van der Waals surface area contributed by atoms with Crippen LogP contribution in [0.3, 0.4) is 0 Å². The van der Waals surface area contributed by atoms with E-state index in [1.54, 1.807) is 0 Å². The lowest BCUT2D eigenvalue weighted by Gasteiger charge is -2.13. The van der Waals surface area contributed by atoms with Crippen LogP contribution in [0.1, 0.15) is 5.56 Å². The first-order valence-electron chi connectivity index (χ1n) is 5.40. The van der Waals surface area contributed by atoms with E-state index in [9.17, 15) is 26.3 Å². The van der Waals surface area contributed by atoms with Gasteiger partial charge in [-0.15, -0.1) is 0 Å². The molecule has 0 atom stereocenters. The van der Waals surface area contributed by atoms with E-state index in [2.05, 4.69) is 14.8 Å². The van der Waals surface area contributed by atoms with Crippen LogP contribution in [-0.2, 0) is 6.54 Å². The number of alkyl halides is 6. The van der Waals surface area contributed by atoms with Gasteiger partial charge in [0.1, 0.15) is 11.5 Å².